The monoisotopic (exact) mass is 307 g/mol. The summed E-state index contributed by atoms with van der Waals surface area (Å²) in [6.07, 6.45) is 2.60. The molecule has 2 aromatic rings. The SMILES string of the molecule is Cn1cnnc1CC1(c2cccc(Br)c2)COC1. The van der Waals surface area contributed by atoms with Crippen molar-refractivity contribution in [2.45, 2.75) is 11.8 Å². The molecule has 0 saturated carbocycles. The van der Waals surface area contributed by atoms with Gasteiger partial charge in [0.1, 0.15) is 12.2 Å². The van der Waals surface area contributed by atoms with Gasteiger partial charge in [-0.3, -0.25) is 0 Å². The lowest BCUT2D eigenvalue weighted by molar-refractivity contribution is -0.0611. The van der Waals surface area contributed by atoms with Crippen LogP contribution in [0.3, 0.4) is 0 Å². The Morgan fingerprint density at radius 2 is 2.28 bits per heavy atom. The first-order chi connectivity index (χ1) is 8.70. The lowest BCUT2D eigenvalue weighted by Gasteiger charge is -2.41. The quantitative estimate of drug-likeness (QED) is 0.872. The van der Waals surface area contributed by atoms with Crippen LogP contribution in [0.25, 0.3) is 0 Å². The van der Waals surface area contributed by atoms with E-state index in [0.29, 0.717) is 0 Å². The maximum atomic E-state index is 5.45. The van der Waals surface area contributed by atoms with E-state index in [-0.39, 0.29) is 5.41 Å². The smallest absolute Gasteiger partial charge is 0.133 e. The fourth-order valence-electron chi connectivity index (χ4n) is 2.31. The van der Waals surface area contributed by atoms with E-state index in [2.05, 4.69) is 44.3 Å². The Labute approximate surface area is 114 Å². The summed E-state index contributed by atoms with van der Waals surface area (Å²) in [5.74, 6) is 0.998. The van der Waals surface area contributed by atoms with Crippen molar-refractivity contribution < 1.29 is 4.74 Å². The summed E-state index contributed by atoms with van der Waals surface area (Å²) >= 11 is 3.53. The molecule has 1 aliphatic rings. The summed E-state index contributed by atoms with van der Waals surface area (Å²) in [7, 11) is 1.98. The fourth-order valence-corrected chi connectivity index (χ4v) is 2.71. The van der Waals surface area contributed by atoms with Crippen molar-refractivity contribution in [1.82, 2.24) is 14.8 Å². The molecule has 0 atom stereocenters. The zero-order valence-corrected chi connectivity index (χ0v) is 11.7. The molecule has 94 valence electrons. The summed E-state index contributed by atoms with van der Waals surface area (Å²) < 4.78 is 8.52. The van der Waals surface area contributed by atoms with Crippen molar-refractivity contribution >= 4 is 15.9 Å². The minimum absolute atomic E-state index is 0.0462. The van der Waals surface area contributed by atoms with Gasteiger partial charge in [-0.1, -0.05) is 28.1 Å². The molecule has 0 bridgehead atoms. The molecule has 1 aromatic carbocycles. The Morgan fingerprint density at radius 3 is 2.83 bits per heavy atom. The number of ether oxygens (including phenoxy) is 1. The molecule has 1 aromatic heterocycles. The fraction of sp³-hybridized carbons (Fsp3) is 0.385. The van der Waals surface area contributed by atoms with Gasteiger partial charge in [0.05, 0.1) is 13.2 Å². The first-order valence-corrected chi connectivity index (χ1v) is 6.66. The zero-order chi connectivity index (χ0) is 12.6. The molecule has 1 saturated heterocycles. The van der Waals surface area contributed by atoms with Crippen molar-refractivity contribution in [2.75, 3.05) is 13.2 Å². The second-order valence-corrected chi connectivity index (χ2v) is 5.73. The molecule has 0 unspecified atom stereocenters. The summed E-state index contributed by atoms with van der Waals surface area (Å²) in [4.78, 5) is 0. The van der Waals surface area contributed by atoms with Gasteiger partial charge in [0, 0.05) is 23.4 Å². The van der Waals surface area contributed by atoms with E-state index >= 15 is 0 Å². The van der Waals surface area contributed by atoms with Crippen LogP contribution in [0.5, 0.6) is 0 Å². The topological polar surface area (TPSA) is 39.9 Å². The number of rotatable bonds is 3. The van der Waals surface area contributed by atoms with Crippen LogP contribution in [0, 0.1) is 0 Å². The average molecular weight is 308 g/mol. The van der Waals surface area contributed by atoms with Gasteiger partial charge >= 0.3 is 0 Å². The molecular weight excluding hydrogens is 294 g/mol. The van der Waals surface area contributed by atoms with Gasteiger partial charge in [-0.2, -0.15) is 0 Å². The van der Waals surface area contributed by atoms with E-state index in [1.165, 1.54) is 5.56 Å². The van der Waals surface area contributed by atoms with Crippen LogP contribution in [0.1, 0.15) is 11.4 Å². The third-order valence-corrected chi connectivity index (χ3v) is 3.99. The summed E-state index contributed by atoms with van der Waals surface area (Å²) in [6.45, 7) is 1.49. The number of hydrogen-bond donors (Lipinski definition) is 0. The predicted octanol–water partition coefficient (Wildman–Crippen LogP) is 2.09. The predicted molar refractivity (Wildman–Crippen MR) is 71.3 cm³/mol. The maximum Gasteiger partial charge on any atom is 0.133 e. The lowest BCUT2D eigenvalue weighted by Crippen LogP contribution is -2.49. The molecule has 0 spiro atoms. The normalized spacial score (nSPS) is 17.4. The molecule has 18 heavy (non-hydrogen) atoms. The van der Waals surface area contributed by atoms with E-state index < -0.39 is 0 Å². The van der Waals surface area contributed by atoms with E-state index in [0.717, 1.165) is 29.9 Å². The van der Waals surface area contributed by atoms with Gasteiger partial charge in [0.2, 0.25) is 0 Å². The van der Waals surface area contributed by atoms with Crippen LogP contribution in [0.4, 0.5) is 0 Å². The molecular formula is C13H14BrN3O. The molecule has 1 aliphatic heterocycles. The Bertz CT molecular complexity index is 563. The number of hydrogen-bond acceptors (Lipinski definition) is 3. The number of aromatic nitrogens is 3. The molecule has 2 heterocycles. The highest BCUT2D eigenvalue weighted by molar-refractivity contribution is 9.10. The van der Waals surface area contributed by atoms with Crippen molar-refractivity contribution in [3.63, 3.8) is 0 Å². The summed E-state index contributed by atoms with van der Waals surface area (Å²) in [5.41, 5.74) is 1.34. The molecule has 4 nitrogen and oxygen atoms in total. The highest BCUT2D eigenvalue weighted by Gasteiger charge is 2.41. The molecule has 0 radical (unpaired) electrons. The van der Waals surface area contributed by atoms with Crippen molar-refractivity contribution in [2.24, 2.45) is 7.05 Å². The first kappa shape index (κ1) is 11.9. The van der Waals surface area contributed by atoms with E-state index in [9.17, 15) is 0 Å². The van der Waals surface area contributed by atoms with Gasteiger partial charge in [0.15, 0.2) is 0 Å². The van der Waals surface area contributed by atoms with Crippen molar-refractivity contribution in [3.8, 4) is 0 Å². The van der Waals surface area contributed by atoms with Gasteiger partial charge in [-0.05, 0) is 17.7 Å². The van der Waals surface area contributed by atoms with Gasteiger partial charge in [-0.15, -0.1) is 10.2 Å². The number of benzene rings is 1. The van der Waals surface area contributed by atoms with Crippen molar-refractivity contribution in [3.05, 3.63) is 46.5 Å². The number of nitrogens with zero attached hydrogens (tertiary/aromatic N) is 3. The van der Waals surface area contributed by atoms with E-state index in [1.807, 2.05) is 17.7 Å². The lowest BCUT2D eigenvalue weighted by atomic mass is 9.75. The van der Waals surface area contributed by atoms with Crippen LogP contribution in [0.2, 0.25) is 0 Å². The zero-order valence-electron chi connectivity index (χ0n) is 10.1. The second kappa shape index (κ2) is 4.48. The molecule has 0 N–H and O–H groups in total. The third kappa shape index (κ3) is 1.97. The van der Waals surface area contributed by atoms with Crippen molar-refractivity contribution in [1.29, 1.82) is 0 Å². The Kier molecular flexibility index (Phi) is 2.95. The molecule has 3 rings (SSSR count). The van der Waals surface area contributed by atoms with Crippen LogP contribution in [-0.4, -0.2) is 28.0 Å². The Hall–Kier alpha value is -1.20. The molecule has 0 amide bonds. The summed E-state index contributed by atoms with van der Waals surface area (Å²) in [5, 5.41) is 8.11. The molecule has 1 fully saturated rings. The van der Waals surface area contributed by atoms with Gasteiger partial charge < -0.3 is 9.30 Å². The number of aryl methyl sites for hydroxylation is 1. The molecule has 0 aliphatic carbocycles. The first-order valence-electron chi connectivity index (χ1n) is 5.86. The summed E-state index contributed by atoms with van der Waals surface area (Å²) in [6, 6.07) is 8.43. The van der Waals surface area contributed by atoms with Crippen LogP contribution in [-0.2, 0) is 23.6 Å². The standard InChI is InChI=1S/C13H14BrN3O/c1-17-9-15-16-12(17)6-13(7-18-8-13)10-3-2-4-11(14)5-10/h2-5,9H,6-8H2,1H3. The highest BCUT2D eigenvalue weighted by atomic mass is 79.9. The van der Waals surface area contributed by atoms with Crippen LogP contribution in [0.15, 0.2) is 35.1 Å². The average Bonchev–Trinajstić information content (AvgIpc) is 2.69. The third-order valence-electron chi connectivity index (χ3n) is 3.50. The Morgan fingerprint density at radius 1 is 1.44 bits per heavy atom. The van der Waals surface area contributed by atoms with E-state index in [1.54, 1.807) is 6.33 Å². The number of halogens is 1. The largest absolute Gasteiger partial charge is 0.379 e. The second-order valence-electron chi connectivity index (χ2n) is 4.82. The highest BCUT2D eigenvalue weighted by Crippen LogP contribution is 2.36. The van der Waals surface area contributed by atoms with E-state index in [4.69, 9.17) is 4.74 Å². The van der Waals surface area contributed by atoms with Crippen LogP contribution < -0.4 is 0 Å². The Balaban J connectivity index is 1.93. The van der Waals surface area contributed by atoms with Crippen LogP contribution >= 0.6 is 15.9 Å². The minimum Gasteiger partial charge on any atom is -0.379 e. The van der Waals surface area contributed by atoms with Gasteiger partial charge in [0.25, 0.3) is 0 Å². The maximum absolute atomic E-state index is 5.45. The molecule has 5 heteroatoms. The minimum atomic E-state index is 0.0462. The van der Waals surface area contributed by atoms with Gasteiger partial charge in [-0.25, -0.2) is 0 Å².